The molecule has 1 amide bonds. The van der Waals surface area contributed by atoms with Crippen LogP contribution in [0.5, 0.6) is 0 Å². The van der Waals surface area contributed by atoms with Gasteiger partial charge in [0.05, 0.1) is 22.8 Å². The van der Waals surface area contributed by atoms with Crippen LogP contribution in [-0.4, -0.2) is 41.7 Å². The van der Waals surface area contributed by atoms with E-state index in [9.17, 15) is 19.7 Å². The van der Waals surface area contributed by atoms with Gasteiger partial charge in [-0.1, -0.05) is 52.1 Å². The first-order chi connectivity index (χ1) is 13.8. The zero-order chi connectivity index (χ0) is 22.9. The highest BCUT2D eigenvalue weighted by molar-refractivity contribution is 6.80. The number of carbonyl (C=O) groups excluding carboxylic acids is 2. The molecule has 1 aromatic carbocycles. The molecule has 2 unspecified atom stereocenters. The maximum Gasteiger partial charge on any atom is 0.346 e. The largest absolute Gasteiger partial charge is 0.360 e. The number of nitro benzene ring substituents is 1. The van der Waals surface area contributed by atoms with Gasteiger partial charge in [-0.2, -0.15) is 4.89 Å². The third kappa shape index (κ3) is 4.31. The summed E-state index contributed by atoms with van der Waals surface area (Å²) in [6, 6.07) is 5.62. The summed E-state index contributed by atoms with van der Waals surface area (Å²) in [5.74, 6) is -1.14. The Balaban J connectivity index is 1.94. The van der Waals surface area contributed by atoms with Crippen LogP contribution in [0, 0.1) is 16.0 Å². The van der Waals surface area contributed by atoms with Gasteiger partial charge in [0.15, 0.2) is 8.24 Å². The fraction of sp³-hybridized carbons (Fsp3) is 0.524. The van der Waals surface area contributed by atoms with E-state index >= 15 is 0 Å². The molecule has 30 heavy (non-hydrogen) atoms. The standard InChI is InChI=1S/C21H30N2O6Si/c1-8-21(5)17(19(25)22(21)30(6,7)20(2,3)4)14-28-29-18(24)13-15-9-11-16(12-10-15)23(26)27/h8-12,17H,1,13-14H2,2-7H3. The van der Waals surface area contributed by atoms with Gasteiger partial charge < -0.3 is 4.57 Å². The fourth-order valence-electron chi connectivity index (χ4n) is 3.52. The molecule has 0 aliphatic carbocycles. The minimum Gasteiger partial charge on any atom is -0.360 e. The van der Waals surface area contributed by atoms with Crippen molar-refractivity contribution in [2.45, 2.75) is 57.8 Å². The summed E-state index contributed by atoms with van der Waals surface area (Å²) in [6.45, 7) is 16.6. The molecule has 0 radical (unpaired) electrons. The lowest BCUT2D eigenvalue weighted by Crippen LogP contribution is -2.78. The Labute approximate surface area is 178 Å². The van der Waals surface area contributed by atoms with E-state index < -0.39 is 30.6 Å². The molecule has 8 nitrogen and oxygen atoms in total. The molecule has 1 aliphatic rings. The molecule has 164 valence electrons. The van der Waals surface area contributed by atoms with Crippen LogP contribution in [0.2, 0.25) is 18.1 Å². The summed E-state index contributed by atoms with van der Waals surface area (Å²) in [4.78, 5) is 45.0. The normalized spacial score (nSPS) is 21.7. The van der Waals surface area contributed by atoms with E-state index in [0.717, 1.165) is 0 Å². The zero-order valence-corrected chi connectivity index (χ0v) is 19.4. The van der Waals surface area contributed by atoms with Crippen molar-refractivity contribution in [2.75, 3.05) is 6.61 Å². The fourth-order valence-corrected chi connectivity index (χ4v) is 6.35. The van der Waals surface area contributed by atoms with Crippen molar-refractivity contribution < 1.29 is 24.3 Å². The van der Waals surface area contributed by atoms with Gasteiger partial charge in [0.25, 0.3) is 5.69 Å². The van der Waals surface area contributed by atoms with Crippen molar-refractivity contribution in [2.24, 2.45) is 5.92 Å². The smallest absolute Gasteiger partial charge is 0.346 e. The Kier molecular flexibility index (Phi) is 6.58. The molecule has 0 spiro atoms. The SMILES string of the molecule is C=CC1(C)C(COOC(=O)Cc2ccc([N+](=O)[O-])cc2)C(=O)N1[Si](C)(C)C(C)(C)C. The highest BCUT2D eigenvalue weighted by Crippen LogP contribution is 2.50. The lowest BCUT2D eigenvalue weighted by atomic mass is 9.77. The van der Waals surface area contributed by atoms with Crippen LogP contribution in [0.3, 0.4) is 0 Å². The zero-order valence-electron chi connectivity index (χ0n) is 18.4. The first-order valence-corrected chi connectivity index (χ1v) is 12.7. The number of β-lactam (4-membered cyclic amide) rings is 1. The van der Waals surface area contributed by atoms with Crippen LogP contribution in [0.25, 0.3) is 0 Å². The molecule has 9 heteroatoms. The third-order valence-corrected chi connectivity index (χ3v) is 11.9. The minimum absolute atomic E-state index is 0.0179. The third-order valence-electron chi connectivity index (χ3n) is 6.40. The predicted octanol–water partition coefficient (Wildman–Crippen LogP) is 4.02. The van der Waals surface area contributed by atoms with E-state index in [0.29, 0.717) is 5.56 Å². The topological polar surface area (TPSA) is 99.0 Å². The van der Waals surface area contributed by atoms with Crippen molar-refractivity contribution in [1.82, 2.24) is 4.57 Å². The number of amides is 1. The van der Waals surface area contributed by atoms with Crippen molar-refractivity contribution >= 4 is 25.8 Å². The molecule has 2 atom stereocenters. The van der Waals surface area contributed by atoms with Crippen LogP contribution >= 0.6 is 0 Å². The predicted molar refractivity (Wildman–Crippen MR) is 115 cm³/mol. The molecule has 1 heterocycles. The minimum atomic E-state index is -2.11. The van der Waals surface area contributed by atoms with Crippen molar-refractivity contribution in [3.8, 4) is 0 Å². The molecule has 1 aliphatic heterocycles. The van der Waals surface area contributed by atoms with Gasteiger partial charge in [0.1, 0.15) is 6.61 Å². The van der Waals surface area contributed by atoms with Crippen LogP contribution < -0.4 is 0 Å². The van der Waals surface area contributed by atoms with Gasteiger partial charge in [0, 0.05) is 12.1 Å². The second-order valence-corrected chi connectivity index (χ2v) is 14.4. The van der Waals surface area contributed by atoms with E-state index in [-0.39, 0.29) is 29.7 Å². The maximum absolute atomic E-state index is 12.9. The summed E-state index contributed by atoms with van der Waals surface area (Å²) in [5.41, 5.74) is -0.0546. The van der Waals surface area contributed by atoms with Crippen LogP contribution in [-0.2, 0) is 25.8 Å². The summed E-state index contributed by atoms with van der Waals surface area (Å²) in [7, 11) is -2.11. The molecule has 0 bridgehead atoms. The van der Waals surface area contributed by atoms with Gasteiger partial charge in [-0.25, -0.2) is 4.79 Å². The number of nitrogens with zero attached hydrogens (tertiary/aromatic N) is 2. The second-order valence-electron chi connectivity index (χ2n) is 9.31. The highest BCUT2D eigenvalue weighted by Gasteiger charge is 2.62. The molecule has 1 fully saturated rings. The Morgan fingerprint density at radius 2 is 1.90 bits per heavy atom. The number of benzene rings is 1. The first kappa shape index (κ1) is 23.8. The number of non-ortho nitro benzene ring substituents is 1. The van der Waals surface area contributed by atoms with Gasteiger partial charge in [-0.15, -0.1) is 6.58 Å². The highest BCUT2D eigenvalue weighted by atomic mass is 28.3. The molecule has 2 rings (SSSR count). The van der Waals surface area contributed by atoms with E-state index in [1.807, 2.05) is 11.5 Å². The molecule has 0 N–H and O–H groups in total. The molecule has 0 saturated carbocycles. The van der Waals surface area contributed by atoms with Crippen molar-refractivity contribution in [1.29, 1.82) is 0 Å². The Bertz CT molecular complexity index is 846. The molecule has 1 saturated heterocycles. The Hall–Kier alpha value is -2.52. The summed E-state index contributed by atoms with van der Waals surface area (Å²) in [6.07, 6.45) is 1.67. The summed E-state index contributed by atoms with van der Waals surface area (Å²) in [5, 5.41) is 10.7. The average Bonchev–Trinajstić information content (AvgIpc) is 2.64. The number of hydrogen-bond acceptors (Lipinski definition) is 6. The Morgan fingerprint density at radius 3 is 2.37 bits per heavy atom. The van der Waals surface area contributed by atoms with Crippen LogP contribution in [0.1, 0.15) is 33.3 Å². The van der Waals surface area contributed by atoms with E-state index in [2.05, 4.69) is 40.4 Å². The van der Waals surface area contributed by atoms with Gasteiger partial charge >= 0.3 is 5.97 Å². The number of rotatable bonds is 8. The molecule has 1 aromatic rings. The average molecular weight is 435 g/mol. The van der Waals surface area contributed by atoms with Gasteiger partial charge in [-0.3, -0.25) is 19.8 Å². The number of nitro groups is 1. The van der Waals surface area contributed by atoms with Gasteiger partial charge in [0.2, 0.25) is 5.91 Å². The number of hydrogen-bond donors (Lipinski definition) is 0. The quantitative estimate of drug-likeness (QED) is 0.153. The van der Waals surface area contributed by atoms with Crippen LogP contribution in [0.15, 0.2) is 36.9 Å². The van der Waals surface area contributed by atoms with Crippen molar-refractivity contribution in [3.05, 3.63) is 52.6 Å². The number of carbonyl (C=O) groups is 2. The molecular formula is C21H30N2O6Si. The maximum atomic E-state index is 12.9. The summed E-state index contributed by atoms with van der Waals surface area (Å²) < 4.78 is 1.96. The van der Waals surface area contributed by atoms with Gasteiger partial charge in [-0.05, 0) is 17.5 Å². The van der Waals surface area contributed by atoms with Crippen LogP contribution in [0.4, 0.5) is 5.69 Å². The first-order valence-electron chi connectivity index (χ1n) is 9.79. The summed E-state index contributed by atoms with van der Waals surface area (Å²) >= 11 is 0. The molecule has 0 aromatic heterocycles. The lowest BCUT2D eigenvalue weighted by Gasteiger charge is -2.63. The Morgan fingerprint density at radius 1 is 1.33 bits per heavy atom. The van der Waals surface area contributed by atoms with Crippen molar-refractivity contribution in [3.63, 3.8) is 0 Å². The van der Waals surface area contributed by atoms with E-state index in [1.165, 1.54) is 24.3 Å². The monoisotopic (exact) mass is 434 g/mol. The molecular weight excluding hydrogens is 404 g/mol. The lowest BCUT2D eigenvalue weighted by molar-refractivity contribution is -0.384. The van der Waals surface area contributed by atoms with E-state index in [1.54, 1.807) is 6.08 Å². The van der Waals surface area contributed by atoms with E-state index in [4.69, 9.17) is 9.78 Å². The second kappa shape index (κ2) is 8.31.